The highest BCUT2D eigenvalue weighted by Crippen LogP contribution is 2.23. The van der Waals surface area contributed by atoms with Gasteiger partial charge in [-0.05, 0) is 33.2 Å². The molecule has 2 N–H and O–H groups in total. The van der Waals surface area contributed by atoms with Crippen LogP contribution in [0.1, 0.15) is 42.8 Å². The van der Waals surface area contributed by atoms with Crippen molar-refractivity contribution < 1.29 is 9.84 Å². The molecule has 0 aliphatic carbocycles. The summed E-state index contributed by atoms with van der Waals surface area (Å²) in [6.07, 6.45) is 1.31. The van der Waals surface area contributed by atoms with Crippen molar-refractivity contribution in [3.8, 4) is 0 Å². The van der Waals surface area contributed by atoms with Crippen LogP contribution in [-0.4, -0.2) is 41.3 Å². The summed E-state index contributed by atoms with van der Waals surface area (Å²) in [4.78, 5) is 0. The van der Waals surface area contributed by atoms with Gasteiger partial charge in [-0.25, -0.2) is 0 Å². The number of nitrogens with one attached hydrogen (secondary N) is 1. The molecular weight excluding hydrogens is 242 g/mol. The molecule has 0 saturated carbocycles. The second-order valence-electron chi connectivity index (χ2n) is 5.02. The van der Waals surface area contributed by atoms with Gasteiger partial charge >= 0.3 is 0 Å². The number of rotatable bonds is 8. The normalized spacial score (nSPS) is 14.6. The highest BCUT2D eigenvalue weighted by molar-refractivity contribution is 5.28. The van der Waals surface area contributed by atoms with Crippen LogP contribution in [0.3, 0.4) is 0 Å². The van der Waals surface area contributed by atoms with Gasteiger partial charge in [-0.15, -0.1) is 0 Å². The average Bonchev–Trinajstić information content (AvgIpc) is 2.60. The Morgan fingerprint density at radius 3 is 2.58 bits per heavy atom. The summed E-state index contributed by atoms with van der Waals surface area (Å²) in [5.74, 6) is 0. The van der Waals surface area contributed by atoms with Crippen molar-refractivity contribution in [1.29, 1.82) is 0 Å². The molecule has 0 radical (unpaired) electrons. The second kappa shape index (κ2) is 7.62. The maximum absolute atomic E-state index is 9.64. The zero-order chi connectivity index (χ0) is 14.4. The first-order valence-corrected chi connectivity index (χ1v) is 6.91. The molecule has 1 rings (SSSR count). The van der Waals surface area contributed by atoms with E-state index in [1.807, 2.05) is 18.7 Å². The highest BCUT2D eigenvalue weighted by atomic mass is 16.5. The number of nitrogens with zero attached hydrogens (tertiary/aromatic N) is 2. The fourth-order valence-electron chi connectivity index (χ4n) is 2.44. The standard InChI is InChI=1S/C14H27N3O2/c1-6-13(15-8-7-12(18)9-19-5)14-10(2)16-17(4)11(14)3/h12-13,15,18H,6-9H2,1-5H3. The lowest BCUT2D eigenvalue weighted by Crippen LogP contribution is -2.27. The smallest absolute Gasteiger partial charge is 0.0785 e. The monoisotopic (exact) mass is 269 g/mol. The summed E-state index contributed by atoms with van der Waals surface area (Å²) in [5, 5.41) is 17.6. The minimum absolute atomic E-state index is 0.295. The van der Waals surface area contributed by atoms with Crippen molar-refractivity contribution in [1.82, 2.24) is 15.1 Å². The number of aliphatic hydroxyl groups is 1. The molecule has 0 spiro atoms. The van der Waals surface area contributed by atoms with E-state index < -0.39 is 6.10 Å². The molecule has 1 aromatic rings. The molecule has 0 aromatic carbocycles. The first-order chi connectivity index (χ1) is 9.01. The highest BCUT2D eigenvalue weighted by Gasteiger charge is 2.18. The van der Waals surface area contributed by atoms with E-state index >= 15 is 0 Å². The van der Waals surface area contributed by atoms with E-state index in [2.05, 4.69) is 24.3 Å². The molecule has 1 heterocycles. The Balaban J connectivity index is 2.58. The van der Waals surface area contributed by atoms with E-state index in [0.717, 1.165) is 18.7 Å². The van der Waals surface area contributed by atoms with E-state index in [1.54, 1.807) is 7.11 Å². The number of ether oxygens (including phenoxy) is 1. The van der Waals surface area contributed by atoms with Crippen molar-refractivity contribution >= 4 is 0 Å². The van der Waals surface area contributed by atoms with Crippen molar-refractivity contribution in [2.75, 3.05) is 20.3 Å². The Kier molecular flexibility index (Phi) is 6.48. The molecule has 5 heteroatoms. The quantitative estimate of drug-likeness (QED) is 0.750. The molecule has 0 aliphatic rings. The number of aromatic nitrogens is 2. The van der Waals surface area contributed by atoms with E-state index in [0.29, 0.717) is 19.1 Å². The lowest BCUT2D eigenvalue weighted by atomic mass is 10.0. The number of methoxy groups -OCH3 is 1. The Morgan fingerprint density at radius 2 is 2.11 bits per heavy atom. The Bertz CT molecular complexity index is 390. The van der Waals surface area contributed by atoms with Crippen LogP contribution in [0.2, 0.25) is 0 Å². The van der Waals surface area contributed by atoms with Crippen LogP contribution in [-0.2, 0) is 11.8 Å². The van der Waals surface area contributed by atoms with Gasteiger partial charge < -0.3 is 15.2 Å². The van der Waals surface area contributed by atoms with Gasteiger partial charge in [0.15, 0.2) is 0 Å². The molecule has 2 atom stereocenters. The van der Waals surface area contributed by atoms with Crippen molar-refractivity contribution in [2.45, 2.75) is 45.8 Å². The van der Waals surface area contributed by atoms with Crippen molar-refractivity contribution in [2.24, 2.45) is 7.05 Å². The summed E-state index contributed by atoms with van der Waals surface area (Å²) in [6, 6.07) is 0.295. The summed E-state index contributed by atoms with van der Waals surface area (Å²) >= 11 is 0. The SMILES string of the molecule is CCC(NCCC(O)COC)c1c(C)nn(C)c1C. The van der Waals surface area contributed by atoms with Crippen LogP contribution >= 0.6 is 0 Å². The van der Waals surface area contributed by atoms with Gasteiger partial charge in [-0.3, -0.25) is 4.68 Å². The maximum Gasteiger partial charge on any atom is 0.0785 e. The summed E-state index contributed by atoms with van der Waals surface area (Å²) in [6.45, 7) is 7.47. The number of aliphatic hydroxyl groups excluding tert-OH is 1. The predicted octanol–water partition coefficient (Wildman–Crippen LogP) is 1.48. The fourth-order valence-corrected chi connectivity index (χ4v) is 2.44. The minimum Gasteiger partial charge on any atom is -0.391 e. The first kappa shape index (κ1) is 16.1. The topological polar surface area (TPSA) is 59.3 Å². The average molecular weight is 269 g/mol. The van der Waals surface area contributed by atoms with Crippen molar-refractivity contribution in [3.63, 3.8) is 0 Å². The number of aryl methyl sites for hydroxylation is 2. The molecule has 0 saturated heterocycles. The van der Waals surface area contributed by atoms with E-state index in [4.69, 9.17) is 4.74 Å². The number of hydrogen-bond donors (Lipinski definition) is 2. The van der Waals surface area contributed by atoms with Crippen LogP contribution < -0.4 is 5.32 Å². The van der Waals surface area contributed by atoms with Crippen LogP contribution in [0.15, 0.2) is 0 Å². The molecule has 1 aromatic heterocycles. The molecular formula is C14H27N3O2. The van der Waals surface area contributed by atoms with Gasteiger partial charge in [-0.1, -0.05) is 6.92 Å². The van der Waals surface area contributed by atoms with E-state index in [9.17, 15) is 5.11 Å². The van der Waals surface area contributed by atoms with Crippen molar-refractivity contribution in [3.05, 3.63) is 17.0 Å². The van der Waals surface area contributed by atoms with E-state index in [1.165, 1.54) is 11.3 Å². The van der Waals surface area contributed by atoms with E-state index in [-0.39, 0.29) is 0 Å². The Labute approximate surface area is 116 Å². The third-order valence-electron chi connectivity index (χ3n) is 3.55. The molecule has 0 amide bonds. The lowest BCUT2D eigenvalue weighted by molar-refractivity contribution is 0.0589. The third-order valence-corrected chi connectivity index (χ3v) is 3.55. The van der Waals surface area contributed by atoms with Crippen LogP contribution in [0.4, 0.5) is 0 Å². The molecule has 19 heavy (non-hydrogen) atoms. The summed E-state index contributed by atoms with van der Waals surface area (Å²) < 4.78 is 6.85. The predicted molar refractivity (Wildman–Crippen MR) is 76.2 cm³/mol. The van der Waals surface area contributed by atoms with Crippen LogP contribution in [0.25, 0.3) is 0 Å². The third kappa shape index (κ3) is 4.30. The second-order valence-corrected chi connectivity index (χ2v) is 5.02. The van der Waals surface area contributed by atoms with Gasteiger partial charge in [0, 0.05) is 31.5 Å². The van der Waals surface area contributed by atoms with Crippen LogP contribution in [0, 0.1) is 13.8 Å². The first-order valence-electron chi connectivity index (χ1n) is 6.91. The largest absolute Gasteiger partial charge is 0.391 e. The minimum atomic E-state index is -0.397. The molecule has 0 bridgehead atoms. The van der Waals surface area contributed by atoms with Gasteiger partial charge in [-0.2, -0.15) is 5.10 Å². The lowest BCUT2D eigenvalue weighted by Gasteiger charge is -2.19. The van der Waals surface area contributed by atoms with Gasteiger partial charge in [0.05, 0.1) is 18.4 Å². The molecule has 5 nitrogen and oxygen atoms in total. The summed E-state index contributed by atoms with van der Waals surface area (Å²) in [7, 11) is 3.58. The number of hydrogen-bond acceptors (Lipinski definition) is 4. The molecule has 0 aliphatic heterocycles. The van der Waals surface area contributed by atoms with Gasteiger partial charge in [0.25, 0.3) is 0 Å². The van der Waals surface area contributed by atoms with Crippen LogP contribution in [0.5, 0.6) is 0 Å². The zero-order valence-electron chi connectivity index (χ0n) is 12.7. The maximum atomic E-state index is 9.64. The molecule has 110 valence electrons. The van der Waals surface area contributed by atoms with Gasteiger partial charge in [0.2, 0.25) is 0 Å². The molecule has 2 unspecified atom stereocenters. The Morgan fingerprint density at radius 1 is 1.42 bits per heavy atom. The summed E-state index contributed by atoms with van der Waals surface area (Å²) in [5.41, 5.74) is 3.57. The Hall–Kier alpha value is -0.910. The zero-order valence-corrected chi connectivity index (χ0v) is 12.7. The fraction of sp³-hybridized carbons (Fsp3) is 0.786. The molecule has 0 fully saturated rings. The van der Waals surface area contributed by atoms with Gasteiger partial charge in [0.1, 0.15) is 0 Å².